The molecule has 2 atom stereocenters. The number of nitrogens with zero attached hydrogens (tertiary/aromatic N) is 3. The maximum Gasteiger partial charge on any atom is 0.219 e. The first-order valence-corrected chi connectivity index (χ1v) is 20.0. The summed E-state index contributed by atoms with van der Waals surface area (Å²) < 4.78 is 6.66. The number of rotatable bonds is 4. The van der Waals surface area contributed by atoms with E-state index in [0.29, 0.717) is 17.1 Å². The molecule has 2 heterocycles. The van der Waals surface area contributed by atoms with Gasteiger partial charge in [0.1, 0.15) is 22.9 Å². The maximum atomic E-state index is 11.1. The van der Waals surface area contributed by atoms with Crippen molar-refractivity contribution in [3.8, 4) is 17.4 Å². The predicted molar refractivity (Wildman–Crippen MR) is 231 cm³/mol. The first-order valence-electron chi connectivity index (χ1n) is 20.0. The van der Waals surface area contributed by atoms with Gasteiger partial charge in [0.2, 0.25) is 5.88 Å². The Kier molecular flexibility index (Phi) is 9.11. The lowest BCUT2D eigenvalue weighted by Crippen LogP contribution is -2.51. The summed E-state index contributed by atoms with van der Waals surface area (Å²) in [5.74, 6) is 2.26. The summed E-state index contributed by atoms with van der Waals surface area (Å²) in [5.41, 5.74) is 9.86. The molecule has 5 heteroatoms. The van der Waals surface area contributed by atoms with Crippen molar-refractivity contribution in [3.63, 3.8) is 0 Å². The molecule has 0 spiro atoms. The first kappa shape index (κ1) is 38.6. The summed E-state index contributed by atoms with van der Waals surface area (Å²) in [6.45, 7) is 31.7. The minimum absolute atomic E-state index is 0.0341. The van der Waals surface area contributed by atoms with Crippen molar-refractivity contribution in [2.24, 2.45) is 4.99 Å². The van der Waals surface area contributed by atoms with E-state index in [1.54, 1.807) is 0 Å². The number of pyridine rings is 1. The summed E-state index contributed by atoms with van der Waals surface area (Å²) >= 11 is 0. The first-order chi connectivity index (χ1) is 25.4. The van der Waals surface area contributed by atoms with Crippen LogP contribution in [0.1, 0.15) is 136 Å². The van der Waals surface area contributed by atoms with Gasteiger partial charge < -0.3 is 14.7 Å². The highest BCUT2D eigenvalue weighted by molar-refractivity contribution is 6.12. The van der Waals surface area contributed by atoms with E-state index in [-0.39, 0.29) is 44.9 Å². The van der Waals surface area contributed by atoms with Crippen LogP contribution in [0.4, 0.5) is 5.69 Å². The molecule has 0 fully saturated rings. The van der Waals surface area contributed by atoms with Gasteiger partial charge in [-0.1, -0.05) is 127 Å². The van der Waals surface area contributed by atoms with Crippen LogP contribution >= 0.6 is 0 Å². The highest BCUT2D eigenvalue weighted by atomic mass is 16.5. The third-order valence-corrected chi connectivity index (χ3v) is 11.9. The van der Waals surface area contributed by atoms with Crippen LogP contribution in [0.5, 0.6) is 17.4 Å². The molecule has 0 saturated heterocycles. The summed E-state index contributed by atoms with van der Waals surface area (Å²) in [6, 6.07) is 30.7. The van der Waals surface area contributed by atoms with Crippen LogP contribution in [-0.4, -0.2) is 28.0 Å². The topological polar surface area (TPSA) is 58.0 Å². The van der Waals surface area contributed by atoms with E-state index in [0.717, 1.165) is 34.3 Å². The van der Waals surface area contributed by atoms with Gasteiger partial charge in [0.25, 0.3) is 0 Å². The minimum Gasteiger partial charge on any atom is -0.506 e. The monoisotopic (exact) mass is 735 g/mol. The Bertz CT molecular complexity index is 2290. The van der Waals surface area contributed by atoms with Crippen LogP contribution in [0, 0.1) is 0 Å². The fraction of sp³-hybridized carbons (Fsp3) is 0.440. The second kappa shape index (κ2) is 13.0. The molecule has 0 saturated carbocycles. The van der Waals surface area contributed by atoms with Crippen molar-refractivity contribution in [2.45, 2.75) is 143 Å². The van der Waals surface area contributed by atoms with E-state index in [1.807, 2.05) is 18.2 Å². The molecule has 5 nitrogen and oxygen atoms in total. The molecule has 0 bridgehead atoms. The van der Waals surface area contributed by atoms with E-state index < -0.39 is 0 Å². The minimum atomic E-state index is -0.182. The normalized spacial score (nSPS) is 18.6. The predicted octanol–water partition coefficient (Wildman–Crippen LogP) is 12.5. The highest BCUT2D eigenvalue weighted by Crippen LogP contribution is 2.47. The third kappa shape index (κ3) is 7.28. The molecular weight excluding hydrogens is 675 g/mol. The number of phenolic OH excluding ortho intramolecular Hbond substituents is 1. The van der Waals surface area contributed by atoms with E-state index >= 15 is 0 Å². The number of phenols is 1. The maximum absolute atomic E-state index is 11.1. The number of aromatic hydroxyl groups is 1. The number of aromatic nitrogens is 1. The number of benzene rings is 4. The van der Waals surface area contributed by atoms with Gasteiger partial charge in [-0.05, 0) is 110 Å². The number of fused-ring (bicyclic) bond motifs is 3. The highest BCUT2D eigenvalue weighted by Gasteiger charge is 2.50. The van der Waals surface area contributed by atoms with Crippen LogP contribution in [0.2, 0.25) is 0 Å². The Morgan fingerprint density at radius 1 is 0.673 bits per heavy atom. The number of aliphatic imine (C=N–C) groups is 1. The fourth-order valence-corrected chi connectivity index (χ4v) is 8.31. The van der Waals surface area contributed by atoms with E-state index in [9.17, 15) is 5.11 Å². The lowest BCUT2D eigenvalue weighted by molar-refractivity contribution is 0.345. The summed E-state index contributed by atoms with van der Waals surface area (Å²) in [5, 5.41) is 12.0. The summed E-state index contributed by atoms with van der Waals surface area (Å²) in [7, 11) is 0. The molecule has 288 valence electrons. The van der Waals surface area contributed by atoms with Gasteiger partial charge in [-0.2, -0.15) is 0 Å². The summed E-state index contributed by atoms with van der Waals surface area (Å²) in [6.07, 6.45) is 0.908. The standard InChI is InChI=1S/C50H61N3O2/c1-46(2,3)33-22-32(23-38(28-33)55-42-20-19-31-21-34(47(4,5)6)29-41(54)43(31)51-42)45-52-44-40(24-30-17-15-16-18-39(30)50(44,13)14)53(45)37-26-35(48(7,8)9)25-36(27-37)49(10,11)12/h15-23,25-29,40,44,54H,24H2,1-14H3/t40-,44-/m1/s1. The van der Waals surface area contributed by atoms with Crippen LogP contribution in [0.15, 0.2) is 89.9 Å². The van der Waals surface area contributed by atoms with Crippen LogP contribution < -0.4 is 9.64 Å². The Labute approximate surface area is 329 Å². The molecular formula is C50H61N3O2. The average Bonchev–Trinajstić information content (AvgIpc) is 3.47. The second-order valence-corrected chi connectivity index (χ2v) is 20.8. The lowest BCUT2D eigenvalue weighted by atomic mass is 9.67. The van der Waals surface area contributed by atoms with Gasteiger partial charge in [-0.3, -0.25) is 4.99 Å². The Morgan fingerprint density at radius 3 is 1.87 bits per heavy atom. The van der Waals surface area contributed by atoms with Gasteiger partial charge in [0.05, 0.1) is 12.1 Å². The molecule has 0 unspecified atom stereocenters. The van der Waals surface area contributed by atoms with Crippen LogP contribution in [-0.2, 0) is 33.5 Å². The molecule has 1 aromatic heterocycles. The lowest BCUT2D eigenvalue weighted by Gasteiger charge is -2.43. The zero-order valence-corrected chi connectivity index (χ0v) is 35.6. The molecule has 0 radical (unpaired) electrons. The van der Waals surface area contributed by atoms with Crippen molar-refractivity contribution in [1.82, 2.24) is 4.98 Å². The van der Waals surface area contributed by atoms with Gasteiger partial charge in [-0.15, -0.1) is 0 Å². The Morgan fingerprint density at radius 2 is 1.25 bits per heavy atom. The van der Waals surface area contributed by atoms with Crippen molar-refractivity contribution in [3.05, 3.63) is 124 Å². The number of anilines is 1. The molecule has 55 heavy (non-hydrogen) atoms. The molecule has 5 aromatic rings. The zero-order chi connectivity index (χ0) is 40.0. The molecule has 7 rings (SSSR count). The summed E-state index contributed by atoms with van der Waals surface area (Å²) in [4.78, 5) is 13.1. The fourth-order valence-electron chi connectivity index (χ4n) is 8.31. The quantitative estimate of drug-likeness (QED) is 0.200. The number of ether oxygens (including phenoxy) is 1. The SMILES string of the molecule is CC(C)(C)c1cc(Oc2ccc3cc(C(C)(C)C)cc(O)c3n2)cc(C2=N[C@@H]3[C@@H](Cc4ccccc4C3(C)C)N2c2cc(C(C)(C)C)cc(C(C)(C)C)c2)c1. The van der Waals surface area contributed by atoms with E-state index in [1.165, 1.54) is 27.9 Å². The van der Waals surface area contributed by atoms with Gasteiger partial charge in [0, 0.05) is 28.1 Å². The second-order valence-electron chi connectivity index (χ2n) is 20.8. The molecule has 1 aliphatic heterocycles. The smallest absolute Gasteiger partial charge is 0.219 e. The van der Waals surface area contributed by atoms with Crippen molar-refractivity contribution >= 4 is 22.4 Å². The molecule has 4 aromatic carbocycles. The number of amidine groups is 1. The van der Waals surface area contributed by atoms with Crippen molar-refractivity contribution < 1.29 is 9.84 Å². The zero-order valence-electron chi connectivity index (χ0n) is 35.6. The molecule has 1 aliphatic carbocycles. The Hall–Kier alpha value is -4.64. The van der Waals surface area contributed by atoms with Crippen LogP contribution in [0.3, 0.4) is 0 Å². The van der Waals surface area contributed by atoms with E-state index in [2.05, 4.69) is 169 Å². The van der Waals surface area contributed by atoms with E-state index in [4.69, 9.17) is 14.7 Å². The van der Waals surface area contributed by atoms with Crippen molar-refractivity contribution in [2.75, 3.05) is 4.90 Å². The number of hydrogen-bond acceptors (Lipinski definition) is 5. The van der Waals surface area contributed by atoms with Crippen molar-refractivity contribution in [1.29, 1.82) is 0 Å². The Balaban J connectivity index is 1.40. The average molecular weight is 736 g/mol. The van der Waals surface area contributed by atoms with Crippen LogP contribution in [0.25, 0.3) is 10.9 Å². The van der Waals surface area contributed by atoms with Gasteiger partial charge >= 0.3 is 0 Å². The number of hydrogen-bond donors (Lipinski definition) is 1. The largest absolute Gasteiger partial charge is 0.506 e. The van der Waals surface area contributed by atoms with Gasteiger partial charge in [-0.25, -0.2) is 4.98 Å². The third-order valence-electron chi connectivity index (χ3n) is 11.9. The van der Waals surface area contributed by atoms with Gasteiger partial charge in [0.15, 0.2) is 0 Å². The molecule has 1 N–H and O–H groups in total. The molecule has 0 amide bonds. The molecule has 2 aliphatic rings.